The molecular formula is C10H12FNO3. The summed E-state index contributed by atoms with van der Waals surface area (Å²) < 4.78 is 12.5. The Labute approximate surface area is 86.1 Å². The fourth-order valence-electron chi connectivity index (χ4n) is 1.26. The number of rotatable bonds is 4. The van der Waals surface area contributed by atoms with Crippen LogP contribution in [0.3, 0.4) is 0 Å². The SMILES string of the molecule is NC(Cc1ccc(O)cc1C[18F])C(=O)O. The maximum Gasteiger partial charge on any atom is 0.320 e. The number of phenolic OH excluding ortho intramolecular Hbond substituents is 1. The molecule has 4 N–H and O–H groups in total. The maximum atomic E-state index is 12.5. The third kappa shape index (κ3) is 2.92. The lowest BCUT2D eigenvalue weighted by molar-refractivity contribution is -0.138. The van der Waals surface area contributed by atoms with Crippen molar-refractivity contribution in [2.45, 2.75) is 19.1 Å². The van der Waals surface area contributed by atoms with Gasteiger partial charge in [-0.15, -0.1) is 0 Å². The number of phenols is 1. The van der Waals surface area contributed by atoms with Crippen LogP contribution in [0.4, 0.5) is 4.39 Å². The molecule has 4 nitrogen and oxygen atoms in total. The van der Waals surface area contributed by atoms with Gasteiger partial charge in [-0.05, 0) is 29.7 Å². The second-order valence-corrected chi connectivity index (χ2v) is 3.24. The zero-order valence-electron chi connectivity index (χ0n) is 7.98. The molecule has 0 radical (unpaired) electrons. The van der Waals surface area contributed by atoms with Gasteiger partial charge >= 0.3 is 5.97 Å². The lowest BCUT2D eigenvalue weighted by Crippen LogP contribution is -2.32. The molecule has 1 unspecified atom stereocenters. The van der Waals surface area contributed by atoms with Crippen molar-refractivity contribution < 1.29 is 19.4 Å². The quantitative estimate of drug-likeness (QED) is 0.689. The number of aromatic hydroxyl groups is 1. The Morgan fingerprint density at radius 1 is 1.47 bits per heavy atom. The van der Waals surface area contributed by atoms with Gasteiger partial charge in [0.15, 0.2) is 0 Å². The number of carboxylic acids is 1. The number of carboxylic acid groups (broad SMARTS) is 1. The average Bonchev–Trinajstić information content (AvgIpc) is 2.20. The zero-order valence-corrected chi connectivity index (χ0v) is 7.98. The molecule has 0 aliphatic heterocycles. The fourth-order valence-corrected chi connectivity index (χ4v) is 1.26. The van der Waals surface area contributed by atoms with Crippen molar-refractivity contribution in [1.29, 1.82) is 0 Å². The van der Waals surface area contributed by atoms with Crippen molar-refractivity contribution in [2.24, 2.45) is 5.73 Å². The van der Waals surface area contributed by atoms with Crippen LogP contribution < -0.4 is 5.73 Å². The Bertz CT molecular complexity index is 368. The molecule has 5 heteroatoms. The number of carbonyl (C=O) groups is 1. The highest BCUT2D eigenvalue weighted by atomic mass is 18.2. The molecule has 0 saturated heterocycles. The molecule has 1 aromatic carbocycles. The van der Waals surface area contributed by atoms with Crippen LogP contribution >= 0.6 is 0 Å². The minimum absolute atomic E-state index is 0.0460. The van der Waals surface area contributed by atoms with Gasteiger partial charge in [0, 0.05) is 0 Å². The van der Waals surface area contributed by atoms with E-state index in [2.05, 4.69) is 0 Å². The zero-order chi connectivity index (χ0) is 11.4. The standard InChI is InChI=1S/C10H12FNO3/c11-5-7-3-8(13)2-1-6(7)4-9(12)10(14)15/h1-3,9,13H,4-5,12H2,(H,14,15)/i11-1. The lowest BCUT2D eigenvalue weighted by Gasteiger charge is -2.10. The monoisotopic (exact) mass is 212 g/mol. The van der Waals surface area contributed by atoms with Crippen LogP contribution in [0.5, 0.6) is 5.75 Å². The van der Waals surface area contributed by atoms with Gasteiger partial charge in [0.1, 0.15) is 18.5 Å². The van der Waals surface area contributed by atoms with E-state index in [1.54, 1.807) is 0 Å². The average molecular weight is 212 g/mol. The molecule has 0 aliphatic rings. The minimum atomic E-state index is -1.13. The molecule has 0 aliphatic carbocycles. The summed E-state index contributed by atoms with van der Waals surface area (Å²) in [6.07, 6.45) is 0.0505. The van der Waals surface area contributed by atoms with E-state index in [0.717, 1.165) is 0 Å². The smallest absolute Gasteiger partial charge is 0.320 e. The number of benzene rings is 1. The minimum Gasteiger partial charge on any atom is -0.508 e. The van der Waals surface area contributed by atoms with Gasteiger partial charge < -0.3 is 15.9 Å². The summed E-state index contributed by atoms with van der Waals surface area (Å²) in [7, 11) is 0. The summed E-state index contributed by atoms with van der Waals surface area (Å²) in [5, 5.41) is 17.7. The van der Waals surface area contributed by atoms with Crippen molar-refractivity contribution in [3.05, 3.63) is 29.3 Å². The van der Waals surface area contributed by atoms with E-state index in [1.165, 1.54) is 18.2 Å². The van der Waals surface area contributed by atoms with Crippen molar-refractivity contribution in [3.8, 4) is 5.75 Å². The Kier molecular flexibility index (Phi) is 3.62. The summed E-state index contributed by atoms with van der Waals surface area (Å²) in [4.78, 5) is 10.5. The first-order valence-electron chi connectivity index (χ1n) is 4.39. The Morgan fingerprint density at radius 2 is 2.13 bits per heavy atom. The summed E-state index contributed by atoms with van der Waals surface area (Å²) in [6, 6.07) is 3.07. The Balaban J connectivity index is 2.89. The number of aliphatic carboxylic acids is 1. The third-order valence-electron chi connectivity index (χ3n) is 2.09. The molecule has 1 rings (SSSR count). The van der Waals surface area contributed by atoms with Crippen LogP contribution in [0.25, 0.3) is 0 Å². The van der Waals surface area contributed by atoms with Crippen LogP contribution in [0, 0.1) is 0 Å². The van der Waals surface area contributed by atoms with E-state index in [4.69, 9.17) is 15.9 Å². The van der Waals surface area contributed by atoms with E-state index >= 15 is 0 Å². The van der Waals surface area contributed by atoms with E-state index in [1.807, 2.05) is 0 Å². The Morgan fingerprint density at radius 3 is 2.67 bits per heavy atom. The van der Waals surface area contributed by atoms with Gasteiger partial charge in [0.05, 0.1) is 0 Å². The second kappa shape index (κ2) is 4.75. The third-order valence-corrected chi connectivity index (χ3v) is 2.09. The molecule has 0 saturated carbocycles. The molecule has 0 aromatic heterocycles. The van der Waals surface area contributed by atoms with Crippen LogP contribution in [-0.2, 0) is 17.9 Å². The number of hydrogen-bond donors (Lipinski definition) is 3. The van der Waals surface area contributed by atoms with Gasteiger partial charge in [0.2, 0.25) is 0 Å². The number of hydrogen-bond acceptors (Lipinski definition) is 3. The molecule has 0 fully saturated rings. The van der Waals surface area contributed by atoms with Crippen molar-refractivity contribution in [3.63, 3.8) is 0 Å². The van der Waals surface area contributed by atoms with Crippen LogP contribution in [0.15, 0.2) is 18.2 Å². The Hall–Kier alpha value is -1.62. The second-order valence-electron chi connectivity index (χ2n) is 3.24. The van der Waals surface area contributed by atoms with Gasteiger partial charge in [-0.1, -0.05) is 6.07 Å². The van der Waals surface area contributed by atoms with Crippen molar-refractivity contribution in [1.82, 2.24) is 0 Å². The molecule has 82 valence electrons. The van der Waals surface area contributed by atoms with Crippen LogP contribution in [0.1, 0.15) is 11.1 Å². The summed E-state index contributed by atoms with van der Waals surface area (Å²) in [5.41, 5.74) is 6.10. The molecule has 0 heterocycles. The number of nitrogens with two attached hydrogens (primary N) is 1. The molecule has 0 bridgehead atoms. The maximum absolute atomic E-state index is 12.5. The highest BCUT2D eigenvalue weighted by molar-refractivity contribution is 5.73. The molecule has 0 spiro atoms. The summed E-state index contributed by atoms with van der Waals surface area (Å²) in [5.74, 6) is -1.18. The summed E-state index contributed by atoms with van der Waals surface area (Å²) in [6.45, 7) is -0.754. The van der Waals surface area contributed by atoms with E-state index in [9.17, 15) is 9.18 Å². The number of alkyl halides is 1. The normalized spacial score (nSPS) is 12.4. The van der Waals surface area contributed by atoms with Crippen molar-refractivity contribution >= 4 is 5.97 Å². The molecule has 15 heavy (non-hydrogen) atoms. The topological polar surface area (TPSA) is 83.5 Å². The predicted molar refractivity (Wildman–Crippen MR) is 52.2 cm³/mol. The van der Waals surface area contributed by atoms with Crippen molar-refractivity contribution in [2.75, 3.05) is 0 Å². The van der Waals surface area contributed by atoms with Gasteiger partial charge in [-0.25, -0.2) is 4.39 Å². The summed E-state index contributed by atoms with van der Waals surface area (Å²) >= 11 is 0. The van der Waals surface area contributed by atoms with Gasteiger partial charge in [-0.2, -0.15) is 0 Å². The highest BCUT2D eigenvalue weighted by Crippen LogP contribution is 2.18. The van der Waals surface area contributed by atoms with E-state index in [0.29, 0.717) is 5.56 Å². The first-order chi connectivity index (χ1) is 7.04. The highest BCUT2D eigenvalue weighted by Gasteiger charge is 2.14. The van der Waals surface area contributed by atoms with E-state index in [-0.39, 0.29) is 17.7 Å². The largest absolute Gasteiger partial charge is 0.508 e. The first kappa shape index (κ1) is 11.5. The first-order valence-corrected chi connectivity index (χ1v) is 4.39. The van der Waals surface area contributed by atoms with Gasteiger partial charge in [0.25, 0.3) is 0 Å². The molecule has 1 aromatic rings. The molecule has 1 atom stereocenters. The molecule has 0 amide bonds. The van der Waals surface area contributed by atoms with Crippen LogP contribution in [0.2, 0.25) is 0 Å². The molecular weight excluding hydrogens is 200 g/mol. The fraction of sp³-hybridized carbons (Fsp3) is 0.300. The predicted octanol–water partition coefficient (Wildman–Crippen LogP) is 0.816. The number of halogens is 1. The van der Waals surface area contributed by atoms with E-state index < -0.39 is 18.7 Å². The van der Waals surface area contributed by atoms with Gasteiger partial charge in [-0.3, -0.25) is 4.79 Å². The lowest BCUT2D eigenvalue weighted by atomic mass is 10.0. The van der Waals surface area contributed by atoms with Crippen LogP contribution in [-0.4, -0.2) is 22.2 Å².